The summed E-state index contributed by atoms with van der Waals surface area (Å²) in [6.07, 6.45) is 6.25. The van der Waals surface area contributed by atoms with Crippen LogP contribution >= 0.6 is 11.3 Å². The molecule has 5 nitrogen and oxygen atoms in total. The van der Waals surface area contributed by atoms with Crippen molar-refractivity contribution in [2.45, 2.75) is 6.42 Å². The van der Waals surface area contributed by atoms with Crippen molar-refractivity contribution in [1.29, 1.82) is 0 Å². The first-order chi connectivity index (χ1) is 9.65. The van der Waals surface area contributed by atoms with Crippen LogP contribution in [0.25, 0.3) is 12.2 Å². The Labute approximate surface area is 120 Å². The Hall–Kier alpha value is -2.18. The van der Waals surface area contributed by atoms with Gasteiger partial charge in [-0.05, 0) is 36.4 Å². The van der Waals surface area contributed by atoms with E-state index in [9.17, 15) is 10.0 Å². The van der Waals surface area contributed by atoms with Gasteiger partial charge >= 0.3 is 6.03 Å². The van der Waals surface area contributed by atoms with Crippen LogP contribution in [0.5, 0.6) is 0 Å². The third-order valence-electron chi connectivity index (χ3n) is 2.61. The van der Waals surface area contributed by atoms with Crippen LogP contribution in [0.2, 0.25) is 0 Å². The number of aromatic nitrogens is 1. The summed E-state index contributed by atoms with van der Waals surface area (Å²) >= 11 is 1.60. The highest BCUT2D eigenvalue weighted by molar-refractivity contribution is 7.12. The van der Waals surface area contributed by atoms with E-state index in [-0.39, 0.29) is 6.54 Å². The van der Waals surface area contributed by atoms with Crippen molar-refractivity contribution in [3.05, 3.63) is 52.0 Å². The number of carbonyl (C=O) groups is 1. The van der Waals surface area contributed by atoms with Crippen LogP contribution in [0.1, 0.15) is 15.4 Å². The fourth-order valence-corrected chi connectivity index (χ4v) is 2.49. The Morgan fingerprint density at radius 1 is 1.35 bits per heavy atom. The summed E-state index contributed by atoms with van der Waals surface area (Å²) < 4.78 is 0. The lowest BCUT2D eigenvalue weighted by molar-refractivity contribution is -0.0380. The minimum Gasteiger partial charge on any atom is -0.350 e. The first-order valence-electron chi connectivity index (χ1n) is 6.09. The number of hydroxylamine groups is 2. The van der Waals surface area contributed by atoms with Gasteiger partial charge in [0, 0.05) is 22.4 Å². The summed E-state index contributed by atoms with van der Waals surface area (Å²) in [5, 5.41) is 9.70. The van der Waals surface area contributed by atoms with E-state index >= 15 is 0 Å². The monoisotopic (exact) mass is 289 g/mol. The maximum absolute atomic E-state index is 10.7. The molecule has 6 heteroatoms. The van der Waals surface area contributed by atoms with Gasteiger partial charge < -0.3 is 5.73 Å². The molecule has 2 heterocycles. The predicted octanol–water partition coefficient (Wildman–Crippen LogP) is 2.63. The van der Waals surface area contributed by atoms with E-state index in [1.807, 2.05) is 42.5 Å². The van der Waals surface area contributed by atoms with Crippen molar-refractivity contribution >= 4 is 29.5 Å². The number of nitrogens with two attached hydrogens (primary N) is 1. The number of rotatable bonds is 5. The summed E-state index contributed by atoms with van der Waals surface area (Å²) in [6.45, 7) is 0.194. The highest BCUT2D eigenvalue weighted by atomic mass is 32.1. The maximum Gasteiger partial charge on any atom is 0.338 e. The second-order valence-electron chi connectivity index (χ2n) is 4.10. The number of hydrogen-bond acceptors (Lipinski definition) is 4. The zero-order valence-corrected chi connectivity index (χ0v) is 11.6. The predicted molar refractivity (Wildman–Crippen MR) is 79.3 cm³/mol. The van der Waals surface area contributed by atoms with Crippen molar-refractivity contribution in [3.63, 3.8) is 0 Å². The standard InChI is InChI=1S/C14H15N3O2S/c15-14(18)17(19)10-8-13-7-6-12(20-13)5-4-11-3-1-2-9-16-11/h1-7,9,19H,8,10H2,(H2,15,18). The zero-order chi connectivity index (χ0) is 14.4. The Morgan fingerprint density at radius 2 is 2.20 bits per heavy atom. The highest BCUT2D eigenvalue weighted by Gasteiger charge is 2.06. The summed E-state index contributed by atoms with van der Waals surface area (Å²) in [4.78, 5) is 17.0. The van der Waals surface area contributed by atoms with E-state index in [2.05, 4.69) is 4.98 Å². The van der Waals surface area contributed by atoms with E-state index in [1.54, 1.807) is 17.5 Å². The second-order valence-corrected chi connectivity index (χ2v) is 5.30. The van der Waals surface area contributed by atoms with Gasteiger partial charge in [-0.15, -0.1) is 11.3 Å². The van der Waals surface area contributed by atoms with Gasteiger partial charge in [0.2, 0.25) is 0 Å². The lowest BCUT2D eigenvalue weighted by atomic mass is 10.3. The van der Waals surface area contributed by atoms with E-state index in [4.69, 9.17) is 5.73 Å². The smallest absolute Gasteiger partial charge is 0.338 e. The first kappa shape index (κ1) is 14.2. The Morgan fingerprint density at radius 3 is 2.90 bits per heavy atom. The minimum absolute atomic E-state index is 0.194. The molecule has 0 atom stereocenters. The normalized spacial score (nSPS) is 10.8. The number of hydrogen-bond donors (Lipinski definition) is 2. The van der Waals surface area contributed by atoms with Crippen molar-refractivity contribution in [2.75, 3.05) is 6.54 Å². The molecule has 0 aliphatic heterocycles. The molecule has 0 saturated heterocycles. The van der Waals surface area contributed by atoms with Gasteiger partial charge in [-0.25, -0.2) is 9.86 Å². The number of amides is 2. The van der Waals surface area contributed by atoms with Crippen molar-refractivity contribution in [3.8, 4) is 0 Å². The molecule has 20 heavy (non-hydrogen) atoms. The molecule has 0 spiro atoms. The molecule has 0 unspecified atom stereocenters. The summed E-state index contributed by atoms with van der Waals surface area (Å²) in [7, 11) is 0. The summed E-state index contributed by atoms with van der Waals surface area (Å²) in [5.41, 5.74) is 5.84. The quantitative estimate of drug-likeness (QED) is 0.656. The van der Waals surface area contributed by atoms with E-state index in [1.165, 1.54) is 0 Å². The van der Waals surface area contributed by atoms with Gasteiger partial charge in [0.1, 0.15) is 0 Å². The molecule has 0 aliphatic rings. The average Bonchev–Trinajstić information content (AvgIpc) is 2.91. The van der Waals surface area contributed by atoms with Gasteiger partial charge in [-0.1, -0.05) is 6.07 Å². The Bertz CT molecular complexity index is 595. The third-order valence-corrected chi connectivity index (χ3v) is 3.72. The molecule has 2 rings (SSSR count). The largest absolute Gasteiger partial charge is 0.350 e. The molecule has 0 saturated carbocycles. The van der Waals surface area contributed by atoms with Crippen LogP contribution in [-0.2, 0) is 6.42 Å². The zero-order valence-electron chi connectivity index (χ0n) is 10.8. The topological polar surface area (TPSA) is 79.5 Å². The van der Waals surface area contributed by atoms with Crippen LogP contribution in [-0.4, -0.2) is 27.8 Å². The van der Waals surface area contributed by atoms with Crippen molar-refractivity contribution in [1.82, 2.24) is 10.0 Å². The number of primary amides is 1. The average molecular weight is 289 g/mol. The van der Waals surface area contributed by atoms with Crippen molar-refractivity contribution < 1.29 is 10.0 Å². The molecule has 0 aliphatic carbocycles. The lowest BCUT2D eigenvalue weighted by Crippen LogP contribution is -2.34. The Kier molecular flexibility index (Phi) is 4.86. The van der Waals surface area contributed by atoms with Gasteiger partial charge in [-0.2, -0.15) is 0 Å². The molecule has 3 N–H and O–H groups in total. The third kappa shape index (κ3) is 4.18. The van der Waals surface area contributed by atoms with Crippen molar-refractivity contribution in [2.24, 2.45) is 5.73 Å². The highest BCUT2D eigenvalue weighted by Crippen LogP contribution is 2.19. The van der Waals surface area contributed by atoms with Gasteiger partial charge in [0.05, 0.1) is 12.2 Å². The van der Waals surface area contributed by atoms with E-state index in [0.29, 0.717) is 11.5 Å². The molecule has 0 fully saturated rings. The maximum atomic E-state index is 10.7. The molecule has 2 amide bonds. The van der Waals surface area contributed by atoms with Gasteiger partial charge in [0.25, 0.3) is 0 Å². The molecular weight excluding hydrogens is 274 g/mol. The number of nitrogens with zero attached hydrogens (tertiary/aromatic N) is 2. The molecule has 2 aromatic heterocycles. The van der Waals surface area contributed by atoms with E-state index in [0.717, 1.165) is 15.4 Å². The van der Waals surface area contributed by atoms with Crippen LogP contribution in [0, 0.1) is 0 Å². The summed E-state index contributed by atoms with van der Waals surface area (Å²) in [6, 6.07) is 8.87. The number of urea groups is 1. The fourth-order valence-electron chi connectivity index (χ4n) is 1.59. The Balaban J connectivity index is 1.92. The minimum atomic E-state index is -0.836. The number of carbonyl (C=O) groups excluding carboxylic acids is 1. The van der Waals surface area contributed by atoms with Gasteiger partial charge in [-0.3, -0.25) is 10.2 Å². The first-order valence-corrected chi connectivity index (χ1v) is 6.90. The van der Waals surface area contributed by atoms with Gasteiger partial charge in [0.15, 0.2) is 0 Å². The number of thiophene rings is 1. The SMILES string of the molecule is NC(=O)N(O)CCc1ccc(C=Cc2ccccn2)s1. The van der Waals surface area contributed by atoms with Crippen LogP contribution in [0.15, 0.2) is 36.5 Å². The van der Waals surface area contributed by atoms with Crippen LogP contribution in [0.4, 0.5) is 4.79 Å². The van der Waals surface area contributed by atoms with E-state index < -0.39 is 6.03 Å². The molecule has 0 aromatic carbocycles. The second kappa shape index (κ2) is 6.83. The van der Waals surface area contributed by atoms with Crippen LogP contribution in [0.3, 0.4) is 0 Å². The number of pyridine rings is 1. The molecule has 0 bridgehead atoms. The molecular formula is C14H15N3O2S. The molecule has 2 aromatic rings. The molecule has 104 valence electrons. The lowest BCUT2D eigenvalue weighted by Gasteiger charge is -2.10. The fraction of sp³-hybridized carbons (Fsp3) is 0.143. The van der Waals surface area contributed by atoms with Crippen LogP contribution < -0.4 is 5.73 Å². The molecule has 0 radical (unpaired) electrons. The summed E-state index contributed by atoms with van der Waals surface area (Å²) in [5.74, 6) is 0.